The molecule has 0 amide bonds. The minimum atomic E-state index is -1.16. The average Bonchev–Trinajstić information content (AvgIpc) is 2.62. The van der Waals surface area contributed by atoms with Gasteiger partial charge in [-0.1, -0.05) is 30.3 Å². The highest BCUT2D eigenvalue weighted by atomic mass is 16.4. The summed E-state index contributed by atoms with van der Waals surface area (Å²) < 4.78 is 5.05. The highest BCUT2D eigenvalue weighted by Gasteiger charge is 2.19. The van der Waals surface area contributed by atoms with Crippen molar-refractivity contribution < 1.29 is 14.3 Å². The number of anilines is 1. The molecule has 1 aromatic carbocycles. The molecule has 0 bridgehead atoms. The number of hydrogen-bond donors (Lipinski definition) is 2. The van der Waals surface area contributed by atoms with Gasteiger partial charge in [0, 0.05) is 5.56 Å². The first-order valence-corrected chi connectivity index (χ1v) is 4.23. The van der Waals surface area contributed by atoms with Gasteiger partial charge in [0.1, 0.15) is 0 Å². The summed E-state index contributed by atoms with van der Waals surface area (Å²) in [6, 6.07) is 8.69. The topological polar surface area (TPSA) is 89.3 Å². The van der Waals surface area contributed by atoms with Gasteiger partial charge in [-0.3, -0.25) is 0 Å². The van der Waals surface area contributed by atoms with E-state index in [-0.39, 0.29) is 17.5 Å². The lowest BCUT2D eigenvalue weighted by atomic mass is 10.1. The summed E-state index contributed by atoms with van der Waals surface area (Å²) in [5.41, 5.74) is 5.78. The molecule has 0 fully saturated rings. The zero-order valence-electron chi connectivity index (χ0n) is 7.68. The molecule has 0 aliphatic rings. The third-order valence-electron chi connectivity index (χ3n) is 1.88. The molecular weight excluding hydrogens is 196 g/mol. The van der Waals surface area contributed by atoms with Gasteiger partial charge in [-0.15, -0.1) is 0 Å². The average molecular weight is 204 g/mol. The molecule has 0 saturated heterocycles. The fourth-order valence-electron chi connectivity index (χ4n) is 1.27. The SMILES string of the molecule is Nc1nc(C(=O)O)c(-c2ccccc2)o1. The van der Waals surface area contributed by atoms with E-state index in [4.69, 9.17) is 15.3 Å². The molecule has 0 aliphatic carbocycles. The maximum Gasteiger partial charge on any atom is 0.358 e. The zero-order valence-corrected chi connectivity index (χ0v) is 7.68. The van der Waals surface area contributed by atoms with Gasteiger partial charge in [-0.05, 0) is 0 Å². The molecule has 5 nitrogen and oxygen atoms in total. The minimum absolute atomic E-state index is 0.147. The van der Waals surface area contributed by atoms with Crippen LogP contribution in [-0.4, -0.2) is 16.1 Å². The fourth-order valence-corrected chi connectivity index (χ4v) is 1.27. The Morgan fingerprint density at radius 2 is 2.00 bits per heavy atom. The number of aromatic nitrogens is 1. The van der Waals surface area contributed by atoms with Crippen molar-refractivity contribution in [1.82, 2.24) is 4.98 Å². The molecular formula is C10H8N2O3. The van der Waals surface area contributed by atoms with Gasteiger partial charge < -0.3 is 15.3 Å². The fraction of sp³-hybridized carbons (Fsp3) is 0. The van der Waals surface area contributed by atoms with Crippen molar-refractivity contribution in [1.29, 1.82) is 0 Å². The smallest absolute Gasteiger partial charge is 0.358 e. The quantitative estimate of drug-likeness (QED) is 0.775. The Balaban J connectivity index is 2.58. The number of carboxylic acids is 1. The Kier molecular flexibility index (Phi) is 2.13. The second-order valence-corrected chi connectivity index (χ2v) is 2.90. The van der Waals surface area contributed by atoms with Crippen LogP contribution in [0.5, 0.6) is 0 Å². The van der Waals surface area contributed by atoms with Gasteiger partial charge in [-0.25, -0.2) is 4.79 Å². The van der Waals surface area contributed by atoms with Crippen molar-refractivity contribution >= 4 is 12.0 Å². The Morgan fingerprint density at radius 1 is 1.33 bits per heavy atom. The number of carboxylic acid groups (broad SMARTS) is 1. The van der Waals surface area contributed by atoms with Crippen LogP contribution in [0.25, 0.3) is 11.3 Å². The Morgan fingerprint density at radius 3 is 2.60 bits per heavy atom. The summed E-state index contributed by atoms with van der Waals surface area (Å²) in [7, 11) is 0. The molecule has 0 unspecified atom stereocenters. The second kappa shape index (κ2) is 3.45. The van der Waals surface area contributed by atoms with Crippen LogP contribution < -0.4 is 5.73 Å². The first-order chi connectivity index (χ1) is 7.18. The van der Waals surface area contributed by atoms with Gasteiger partial charge in [-0.2, -0.15) is 4.98 Å². The lowest BCUT2D eigenvalue weighted by Gasteiger charge is -1.95. The van der Waals surface area contributed by atoms with Crippen LogP contribution in [0.3, 0.4) is 0 Å². The zero-order chi connectivity index (χ0) is 10.8. The first-order valence-electron chi connectivity index (χ1n) is 4.23. The van der Waals surface area contributed by atoms with Gasteiger partial charge in [0.25, 0.3) is 6.01 Å². The van der Waals surface area contributed by atoms with E-state index < -0.39 is 5.97 Å². The third kappa shape index (κ3) is 1.67. The van der Waals surface area contributed by atoms with Crippen molar-refractivity contribution in [3.63, 3.8) is 0 Å². The van der Waals surface area contributed by atoms with E-state index in [1.54, 1.807) is 24.3 Å². The van der Waals surface area contributed by atoms with E-state index in [1.807, 2.05) is 6.07 Å². The molecule has 3 N–H and O–H groups in total. The van der Waals surface area contributed by atoms with Crippen molar-refractivity contribution in [2.24, 2.45) is 0 Å². The molecule has 76 valence electrons. The number of nitrogen functional groups attached to an aromatic ring is 1. The van der Waals surface area contributed by atoms with E-state index in [0.717, 1.165) is 0 Å². The third-order valence-corrected chi connectivity index (χ3v) is 1.88. The molecule has 2 rings (SSSR count). The number of aromatic carboxylic acids is 1. The number of nitrogens with two attached hydrogens (primary N) is 1. The van der Waals surface area contributed by atoms with Crippen molar-refractivity contribution in [3.8, 4) is 11.3 Å². The van der Waals surface area contributed by atoms with Crippen LogP contribution in [0.15, 0.2) is 34.7 Å². The monoisotopic (exact) mass is 204 g/mol. The molecule has 1 aromatic heterocycles. The maximum atomic E-state index is 10.8. The number of benzene rings is 1. The summed E-state index contributed by atoms with van der Waals surface area (Å²) in [4.78, 5) is 14.4. The summed E-state index contributed by atoms with van der Waals surface area (Å²) in [6.07, 6.45) is 0. The number of hydrogen-bond acceptors (Lipinski definition) is 4. The highest BCUT2D eigenvalue weighted by Crippen LogP contribution is 2.25. The van der Waals surface area contributed by atoms with Crippen molar-refractivity contribution in [2.45, 2.75) is 0 Å². The van der Waals surface area contributed by atoms with Crippen LogP contribution in [-0.2, 0) is 0 Å². The van der Waals surface area contributed by atoms with Crippen LogP contribution >= 0.6 is 0 Å². The summed E-state index contributed by atoms with van der Waals surface area (Å²) >= 11 is 0. The molecule has 1 heterocycles. The van der Waals surface area contributed by atoms with E-state index in [2.05, 4.69) is 4.98 Å². The highest BCUT2D eigenvalue weighted by molar-refractivity contribution is 5.92. The Bertz CT molecular complexity index is 491. The van der Waals surface area contributed by atoms with Crippen LogP contribution in [0.1, 0.15) is 10.5 Å². The number of oxazole rings is 1. The van der Waals surface area contributed by atoms with Crippen LogP contribution in [0.4, 0.5) is 6.01 Å². The summed E-state index contributed by atoms with van der Waals surface area (Å²) in [5.74, 6) is -0.977. The largest absolute Gasteiger partial charge is 0.476 e. The molecule has 5 heteroatoms. The normalized spacial score (nSPS) is 10.1. The Hall–Kier alpha value is -2.30. The van der Waals surface area contributed by atoms with E-state index in [1.165, 1.54) is 0 Å². The van der Waals surface area contributed by atoms with Gasteiger partial charge in [0.05, 0.1) is 0 Å². The Labute approximate surface area is 85.2 Å². The molecule has 0 radical (unpaired) electrons. The first kappa shape index (κ1) is 9.26. The van der Waals surface area contributed by atoms with Crippen LogP contribution in [0, 0.1) is 0 Å². The molecule has 0 saturated carbocycles. The minimum Gasteiger partial charge on any atom is -0.476 e. The van der Waals surface area contributed by atoms with Crippen molar-refractivity contribution in [2.75, 3.05) is 5.73 Å². The lowest BCUT2D eigenvalue weighted by Crippen LogP contribution is -1.99. The predicted octanol–water partition coefficient (Wildman–Crippen LogP) is 1.62. The summed E-state index contributed by atoms with van der Waals surface area (Å²) in [6.45, 7) is 0. The van der Waals surface area contributed by atoms with E-state index in [9.17, 15) is 4.79 Å². The van der Waals surface area contributed by atoms with E-state index >= 15 is 0 Å². The van der Waals surface area contributed by atoms with E-state index in [0.29, 0.717) is 5.56 Å². The second-order valence-electron chi connectivity index (χ2n) is 2.90. The van der Waals surface area contributed by atoms with Crippen molar-refractivity contribution in [3.05, 3.63) is 36.0 Å². The van der Waals surface area contributed by atoms with Gasteiger partial charge >= 0.3 is 5.97 Å². The molecule has 0 atom stereocenters. The number of rotatable bonds is 2. The van der Waals surface area contributed by atoms with Gasteiger partial charge in [0.2, 0.25) is 0 Å². The lowest BCUT2D eigenvalue weighted by molar-refractivity contribution is 0.0691. The molecule has 0 aliphatic heterocycles. The standard InChI is InChI=1S/C10H8N2O3/c11-10-12-7(9(13)14)8(15-10)6-4-2-1-3-5-6/h1-5H,(H2,11,12)(H,13,14). The number of carbonyl (C=O) groups is 1. The predicted molar refractivity (Wildman–Crippen MR) is 53.3 cm³/mol. The molecule has 2 aromatic rings. The molecule has 15 heavy (non-hydrogen) atoms. The van der Waals surface area contributed by atoms with Crippen LogP contribution in [0.2, 0.25) is 0 Å². The maximum absolute atomic E-state index is 10.8. The van der Waals surface area contributed by atoms with Gasteiger partial charge in [0.15, 0.2) is 11.5 Å². The summed E-state index contributed by atoms with van der Waals surface area (Å²) in [5, 5.41) is 8.86. The number of nitrogens with zero attached hydrogens (tertiary/aromatic N) is 1. The molecule has 0 spiro atoms.